The van der Waals surface area contributed by atoms with Gasteiger partial charge in [0.15, 0.2) is 11.6 Å². The van der Waals surface area contributed by atoms with Crippen LogP contribution in [-0.2, 0) is 54.3 Å². The molecule has 0 saturated heterocycles. The largest absolute Gasteiger partial charge is 4.00 e. The topological polar surface area (TPSA) is 148 Å². The van der Waals surface area contributed by atoms with Gasteiger partial charge in [0.05, 0.1) is 36.6 Å². The number of rotatable bonds is 22. The summed E-state index contributed by atoms with van der Waals surface area (Å²) in [6.45, 7) is 39.5. The molecule has 0 amide bonds. The van der Waals surface area contributed by atoms with Gasteiger partial charge in [0.1, 0.15) is 11.2 Å². The van der Waals surface area contributed by atoms with Gasteiger partial charge in [0.2, 0.25) is 0 Å². The summed E-state index contributed by atoms with van der Waals surface area (Å²) in [6.07, 6.45) is 1.56. The number of hydrogen-bond donors (Lipinski definition) is 0. The van der Waals surface area contributed by atoms with Crippen LogP contribution in [-0.4, -0.2) is 71.0 Å². The summed E-state index contributed by atoms with van der Waals surface area (Å²) in [4.78, 5) is 0. The van der Waals surface area contributed by atoms with E-state index in [1.165, 1.54) is 0 Å². The van der Waals surface area contributed by atoms with Gasteiger partial charge in [-0.25, -0.2) is 11.6 Å². The van der Waals surface area contributed by atoms with E-state index in [2.05, 4.69) is 0 Å². The Morgan fingerprint density at radius 2 is 0.549 bits per heavy atom. The molecular formula is C40H80HfO10. The van der Waals surface area contributed by atoms with E-state index in [0.29, 0.717) is 12.8 Å². The quantitative estimate of drug-likeness (QED) is 0.0943. The van der Waals surface area contributed by atoms with Crippen LogP contribution in [0.2, 0.25) is 0 Å². The second-order valence-corrected chi connectivity index (χ2v) is 17.2. The number of ether oxygens (including phenoxy) is 6. The van der Waals surface area contributed by atoms with E-state index in [4.69, 9.17) is 28.4 Å². The molecule has 0 saturated carbocycles. The summed E-state index contributed by atoms with van der Waals surface area (Å²) < 4.78 is 37.8. The maximum absolute atomic E-state index is 12.6. The van der Waals surface area contributed by atoms with Crippen molar-refractivity contribution in [2.75, 3.05) is 0 Å². The summed E-state index contributed by atoms with van der Waals surface area (Å²) in [6, 6.07) is 0. The molecule has 2 unspecified atom stereocenters. The van der Waals surface area contributed by atoms with Gasteiger partial charge in [0.25, 0.3) is 0 Å². The van der Waals surface area contributed by atoms with E-state index >= 15 is 0 Å². The third-order valence-corrected chi connectivity index (χ3v) is 9.91. The Bertz CT molecular complexity index is 854. The maximum Gasteiger partial charge on any atom is 4.00 e. The molecule has 0 heterocycles. The van der Waals surface area contributed by atoms with Gasteiger partial charge in [-0.05, 0) is 108 Å². The zero-order chi connectivity index (χ0) is 40.5. The molecule has 0 aromatic carbocycles. The van der Waals surface area contributed by atoms with Crippen LogP contribution in [0, 0.1) is 10.8 Å². The first-order valence-electron chi connectivity index (χ1n) is 19.0. The van der Waals surface area contributed by atoms with Gasteiger partial charge in [-0.2, -0.15) is 0 Å². The molecule has 0 N–H and O–H groups in total. The SMILES string of the molecule is CCCC(OC(C)C)(OC(C)C)C(C)(OC(C)C)C(C)(C)C(C)([O-])[O-].CCCC(OC(C)C)(OC(C)C)C(C)(OC(C)C)C(C)(C)C(C)([O-])[O-].[Hf+4]. The van der Waals surface area contributed by atoms with Gasteiger partial charge in [-0.1, -0.05) is 68.2 Å². The standard InChI is InChI=1S/2C20H40O5.Hf/c2*1-12-13-20(24-15(4)5,25-16(6)7)18(10,23-14(2)3)17(8,9)19(11,21)22;/h2*14-16H,12-13H2,1-11H3;/q2*-2;+4. The Kier molecular flexibility index (Phi) is 23.1. The zero-order valence-corrected chi connectivity index (χ0v) is 40.5. The average molecular weight is 900 g/mol. The molecule has 0 spiro atoms. The minimum absolute atomic E-state index is 0. The third kappa shape index (κ3) is 13.9. The molecule has 2 atom stereocenters. The molecule has 0 aromatic heterocycles. The average Bonchev–Trinajstić information content (AvgIpc) is 2.85. The minimum atomic E-state index is -2.49. The Balaban J connectivity index is -0.000000886. The third-order valence-electron chi connectivity index (χ3n) is 9.91. The van der Waals surface area contributed by atoms with Crippen LogP contribution in [0.4, 0.5) is 0 Å². The summed E-state index contributed by atoms with van der Waals surface area (Å²) in [5, 5.41) is 50.5. The second-order valence-electron chi connectivity index (χ2n) is 17.2. The fourth-order valence-corrected chi connectivity index (χ4v) is 6.64. The summed E-state index contributed by atoms with van der Waals surface area (Å²) >= 11 is 0. The first-order chi connectivity index (χ1) is 22.1. The smallest absolute Gasteiger partial charge is 0.863 e. The van der Waals surface area contributed by atoms with Crippen molar-refractivity contribution >= 4 is 0 Å². The van der Waals surface area contributed by atoms with E-state index in [-0.39, 0.29) is 62.5 Å². The summed E-state index contributed by atoms with van der Waals surface area (Å²) in [7, 11) is 0. The van der Waals surface area contributed by atoms with E-state index in [9.17, 15) is 20.4 Å². The van der Waals surface area contributed by atoms with Crippen molar-refractivity contribution in [1.29, 1.82) is 0 Å². The van der Waals surface area contributed by atoms with E-state index < -0.39 is 45.2 Å². The predicted octanol–water partition coefficient (Wildman–Crippen LogP) is 5.96. The van der Waals surface area contributed by atoms with Crippen molar-refractivity contribution in [1.82, 2.24) is 0 Å². The van der Waals surface area contributed by atoms with Gasteiger partial charge in [0, 0.05) is 12.8 Å². The van der Waals surface area contributed by atoms with Crippen molar-refractivity contribution in [2.24, 2.45) is 10.8 Å². The molecule has 11 heteroatoms. The van der Waals surface area contributed by atoms with Crippen LogP contribution in [0.5, 0.6) is 0 Å². The van der Waals surface area contributed by atoms with Gasteiger partial charge in [-0.15, -0.1) is 0 Å². The molecule has 0 aliphatic carbocycles. The Hall–Kier alpha value is 0.470. The fraction of sp³-hybridized carbons (Fsp3) is 1.00. The van der Waals surface area contributed by atoms with Crippen LogP contribution in [0.1, 0.15) is 178 Å². The van der Waals surface area contributed by atoms with Crippen molar-refractivity contribution < 1.29 is 74.7 Å². The van der Waals surface area contributed by atoms with Crippen LogP contribution in [0.3, 0.4) is 0 Å². The van der Waals surface area contributed by atoms with Crippen molar-refractivity contribution in [3.63, 3.8) is 0 Å². The molecule has 0 aliphatic rings. The molecule has 0 bridgehead atoms. The molecule has 51 heavy (non-hydrogen) atoms. The molecule has 304 valence electrons. The van der Waals surface area contributed by atoms with Crippen LogP contribution in [0.15, 0.2) is 0 Å². The fourth-order valence-electron chi connectivity index (χ4n) is 6.64. The predicted molar refractivity (Wildman–Crippen MR) is 194 cm³/mol. The van der Waals surface area contributed by atoms with Crippen molar-refractivity contribution in [3.8, 4) is 0 Å². The monoisotopic (exact) mass is 901 g/mol. The van der Waals surface area contributed by atoms with E-state index in [1.807, 2.05) is 96.9 Å². The Morgan fingerprint density at radius 1 is 0.373 bits per heavy atom. The molecule has 0 radical (unpaired) electrons. The second kappa shape index (κ2) is 21.1. The molecule has 0 aliphatic heterocycles. The number of hydrogen-bond acceptors (Lipinski definition) is 10. The Labute approximate surface area is 333 Å². The molecule has 0 rings (SSSR count). The van der Waals surface area contributed by atoms with Gasteiger partial charge < -0.3 is 48.8 Å². The molecule has 10 nitrogen and oxygen atoms in total. The van der Waals surface area contributed by atoms with Gasteiger partial charge in [-0.3, -0.25) is 0 Å². The first-order valence-corrected chi connectivity index (χ1v) is 19.0. The summed E-state index contributed by atoms with van der Waals surface area (Å²) in [5.74, 6) is -7.38. The van der Waals surface area contributed by atoms with Gasteiger partial charge >= 0.3 is 25.8 Å². The molecule has 0 aromatic rings. The molecule has 0 fully saturated rings. The van der Waals surface area contributed by atoms with Crippen LogP contribution >= 0.6 is 0 Å². The van der Waals surface area contributed by atoms with E-state index in [0.717, 1.165) is 26.7 Å². The van der Waals surface area contributed by atoms with E-state index in [1.54, 1.807) is 41.5 Å². The van der Waals surface area contributed by atoms with Crippen molar-refractivity contribution in [2.45, 2.75) is 249 Å². The summed E-state index contributed by atoms with van der Waals surface area (Å²) in [5.41, 5.74) is -5.08. The van der Waals surface area contributed by atoms with Crippen LogP contribution < -0.4 is 20.4 Å². The van der Waals surface area contributed by atoms with Crippen LogP contribution in [0.25, 0.3) is 0 Å². The first kappa shape index (κ1) is 55.8. The minimum Gasteiger partial charge on any atom is -0.863 e. The molecular weight excluding hydrogens is 819 g/mol. The maximum atomic E-state index is 12.6. The zero-order valence-electron chi connectivity index (χ0n) is 36.9. The normalized spacial score (nSPS) is 16.5. The van der Waals surface area contributed by atoms with Crippen molar-refractivity contribution in [3.05, 3.63) is 0 Å². The Morgan fingerprint density at radius 3 is 0.667 bits per heavy atom.